The highest BCUT2D eigenvalue weighted by molar-refractivity contribution is 7.88. The molecule has 110 valence electrons. The normalized spacial score (nSPS) is 20.1. The summed E-state index contributed by atoms with van der Waals surface area (Å²) in [7, 11) is -3.53. The van der Waals surface area contributed by atoms with Crippen LogP contribution in [0.5, 0.6) is 0 Å². The van der Waals surface area contributed by atoms with Crippen molar-refractivity contribution in [2.24, 2.45) is 11.5 Å². The molecule has 4 N–H and O–H groups in total. The smallest absolute Gasteiger partial charge is 0.235 e. The van der Waals surface area contributed by atoms with E-state index >= 15 is 0 Å². The molecule has 0 aromatic heterocycles. The van der Waals surface area contributed by atoms with Crippen molar-refractivity contribution in [2.75, 3.05) is 6.54 Å². The van der Waals surface area contributed by atoms with Gasteiger partial charge in [0.2, 0.25) is 15.9 Å². The number of nitrogens with two attached hydrogens (primary N) is 2. The maximum atomic E-state index is 12.4. The number of benzene rings is 1. The summed E-state index contributed by atoms with van der Waals surface area (Å²) >= 11 is 0. The summed E-state index contributed by atoms with van der Waals surface area (Å²) in [4.78, 5) is 11.3. The Bertz CT molecular complexity index is 583. The first-order valence-corrected chi connectivity index (χ1v) is 8.11. The van der Waals surface area contributed by atoms with Crippen LogP contribution in [0.15, 0.2) is 24.3 Å². The third-order valence-corrected chi connectivity index (χ3v) is 5.35. The third-order valence-electron chi connectivity index (χ3n) is 3.50. The van der Waals surface area contributed by atoms with Gasteiger partial charge >= 0.3 is 0 Å². The van der Waals surface area contributed by atoms with E-state index in [-0.39, 0.29) is 5.75 Å². The Hall–Kier alpha value is -1.44. The van der Waals surface area contributed by atoms with Crippen LogP contribution in [0.3, 0.4) is 0 Å². The van der Waals surface area contributed by atoms with E-state index in [4.69, 9.17) is 11.5 Å². The summed E-state index contributed by atoms with van der Waals surface area (Å²) in [6, 6.07) is 6.40. The zero-order valence-electron chi connectivity index (χ0n) is 11.2. The van der Waals surface area contributed by atoms with Crippen molar-refractivity contribution in [3.8, 4) is 0 Å². The summed E-state index contributed by atoms with van der Waals surface area (Å²) < 4.78 is 26.0. The molecule has 0 spiro atoms. The van der Waals surface area contributed by atoms with E-state index < -0.39 is 22.0 Å². The monoisotopic (exact) mass is 297 g/mol. The molecule has 0 radical (unpaired) electrons. The third kappa shape index (κ3) is 3.17. The molecule has 0 saturated carbocycles. The van der Waals surface area contributed by atoms with E-state index in [1.165, 1.54) is 4.31 Å². The standard InChI is InChI=1S/C13H19N3O3S/c14-8-10-3-5-11(6-4-10)9-20(18,19)16-7-1-2-12(16)13(15)17/h3-6,12H,1-2,7-9,14H2,(H2,15,17). The first kappa shape index (κ1) is 15.0. The van der Waals surface area contributed by atoms with E-state index in [9.17, 15) is 13.2 Å². The molecule has 0 bridgehead atoms. The fraction of sp³-hybridized carbons (Fsp3) is 0.462. The first-order chi connectivity index (χ1) is 9.44. The van der Waals surface area contributed by atoms with Gasteiger partial charge in [0.15, 0.2) is 0 Å². The van der Waals surface area contributed by atoms with Gasteiger partial charge in [0, 0.05) is 13.1 Å². The number of rotatable bonds is 5. The number of hydrogen-bond acceptors (Lipinski definition) is 4. The molecule has 1 heterocycles. The predicted octanol–water partition coefficient (Wildman–Crippen LogP) is -0.0752. The van der Waals surface area contributed by atoms with E-state index in [2.05, 4.69) is 0 Å². The summed E-state index contributed by atoms with van der Waals surface area (Å²) in [5, 5.41) is 0. The molecule has 2 rings (SSSR count). The molecule has 1 aliphatic heterocycles. The van der Waals surface area contributed by atoms with E-state index in [1.54, 1.807) is 24.3 Å². The van der Waals surface area contributed by atoms with Gasteiger partial charge in [-0.25, -0.2) is 8.42 Å². The molecule has 6 nitrogen and oxygen atoms in total. The lowest BCUT2D eigenvalue weighted by Crippen LogP contribution is -2.44. The van der Waals surface area contributed by atoms with Gasteiger partial charge in [-0.15, -0.1) is 0 Å². The van der Waals surface area contributed by atoms with Crippen LogP contribution in [0, 0.1) is 0 Å². The fourth-order valence-corrected chi connectivity index (χ4v) is 4.21. The van der Waals surface area contributed by atoms with Gasteiger partial charge in [-0.1, -0.05) is 24.3 Å². The van der Waals surface area contributed by atoms with Crippen LogP contribution >= 0.6 is 0 Å². The van der Waals surface area contributed by atoms with Gasteiger partial charge in [-0.3, -0.25) is 4.79 Å². The Morgan fingerprint density at radius 3 is 2.40 bits per heavy atom. The number of amides is 1. The molecule has 1 unspecified atom stereocenters. The molecule has 1 saturated heterocycles. The van der Waals surface area contributed by atoms with Crippen molar-refractivity contribution in [1.29, 1.82) is 0 Å². The molecule has 1 atom stereocenters. The average molecular weight is 297 g/mol. The summed E-state index contributed by atoms with van der Waals surface area (Å²) in [6.07, 6.45) is 1.17. The van der Waals surface area contributed by atoms with Crippen LogP contribution in [-0.4, -0.2) is 31.2 Å². The minimum absolute atomic E-state index is 0.123. The van der Waals surface area contributed by atoms with Crippen molar-refractivity contribution in [2.45, 2.75) is 31.2 Å². The molecular formula is C13H19N3O3S. The lowest BCUT2D eigenvalue weighted by molar-refractivity contribution is -0.121. The van der Waals surface area contributed by atoms with Crippen molar-refractivity contribution in [1.82, 2.24) is 4.31 Å². The molecule has 1 aromatic carbocycles. The lowest BCUT2D eigenvalue weighted by atomic mass is 10.1. The average Bonchev–Trinajstić information content (AvgIpc) is 2.89. The Morgan fingerprint density at radius 2 is 1.85 bits per heavy atom. The van der Waals surface area contributed by atoms with Crippen LogP contribution < -0.4 is 11.5 Å². The number of nitrogens with zero attached hydrogens (tertiary/aromatic N) is 1. The van der Waals surface area contributed by atoms with Gasteiger partial charge in [0.05, 0.1) is 5.75 Å². The van der Waals surface area contributed by atoms with E-state index in [0.717, 1.165) is 5.56 Å². The highest BCUT2D eigenvalue weighted by Crippen LogP contribution is 2.23. The Kier molecular flexibility index (Phi) is 4.42. The quantitative estimate of drug-likeness (QED) is 0.793. The maximum absolute atomic E-state index is 12.4. The SMILES string of the molecule is NCc1ccc(CS(=O)(=O)N2CCCC2C(N)=O)cc1. The molecule has 1 amide bonds. The minimum Gasteiger partial charge on any atom is -0.368 e. The van der Waals surface area contributed by atoms with E-state index in [1.807, 2.05) is 0 Å². The van der Waals surface area contributed by atoms with Crippen molar-refractivity contribution < 1.29 is 13.2 Å². The van der Waals surface area contributed by atoms with Crippen molar-refractivity contribution in [3.63, 3.8) is 0 Å². The zero-order chi connectivity index (χ0) is 14.8. The number of hydrogen-bond donors (Lipinski definition) is 2. The summed E-state index contributed by atoms with van der Waals surface area (Å²) in [5.74, 6) is -0.702. The van der Waals surface area contributed by atoms with Crippen LogP contribution in [0.4, 0.5) is 0 Å². The fourth-order valence-electron chi connectivity index (χ4n) is 2.42. The zero-order valence-corrected chi connectivity index (χ0v) is 12.0. The summed E-state index contributed by atoms with van der Waals surface area (Å²) in [6.45, 7) is 0.778. The van der Waals surface area contributed by atoms with Gasteiger partial charge in [-0.05, 0) is 24.0 Å². The Balaban J connectivity index is 2.15. The molecule has 1 aromatic rings. The summed E-state index contributed by atoms with van der Waals surface area (Å²) in [5.41, 5.74) is 12.4. The van der Waals surface area contributed by atoms with Crippen LogP contribution in [0.2, 0.25) is 0 Å². The molecule has 1 fully saturated rings. The first-order valence-electron chi connectivity index (χ1n) is 6.51. The van der Waals surface area contributed by atoms with Gasteiger partial charge < -0.3 is 11.5 Å². The largest absolute Gasteiger partial charge is 0.368 e. The maximum Gasteiger partial charge on any atom is 0.235 e. The van der Waals surface area contributed by atoms with Crippen LogP contribution in [-0.2, 0) is 27.1 Å². The lowest BCUT2D eigenvalue weighted by Gasteiger charge is -2.21. The van der Waals surface area contributed by atoms with Gasteiger partial charge in [0.1, 0.15) is 6.04 Å². The second kappa shape index (κ2) is 5.90. The van der Waals surface area contributed by atoms with Crippen molar-refractivity contribution >= 4 is 15.9 Å². The van der Waals surface area contributed by atoms with Gasteiger partial charge in [0.25, 0.3) is 0 Å². The minimum atomic E-state index is -3.53. The topological polar surface area (TPSA) is 106 Å². The number of carbonyl (C=O) groups is 1. The van der Waals surface area contributed by atoms with Crippen LogP contribution in [0.1, 0.15) is 24.0 Å². The number of sulfonamides is 1. The van der Waals surface area contributed by atoms with E-state index in [0.29, 0.717) is 31.5 Å². The predicted molar refractivity (Wildman–Crippen MR) is 75.9 cm³/mol. The molecular weight excluding hydrogens is 278 g/mol. The van der Waals surface area contributed by atoms with Crippen molar-refractivity contribution in [3.05, 3.63) is 35.4 Å². The Labute approximate surface area is 118 Å². The number of carbonyl (C=O) groups excluding carboxylic acids is 1. The Morgan fingerprint density at radius 1 is 1.25 bits per heavy atom. The molecule has 7 heteroatoms. The van der Waals surface area contributed by atoms with Gasteiger partial charge in [-0.2, -0.15) is 4.31 Å². The highest BCUT2D eigenvalue weighted by atomic mass is 32.2. The van der Waals surface area contributed by atoms with Crippen LogP contribution in [0.25, 0.3) is 0 Å². The second-order valence-corrected chi connectivity index (χ2v) is 6.87. The molecule has 0 aliphatic carbocycles. The molecule has 1 aliphatic rings. The molecule has 20 heavy (non-hydrogen) atoms. The highest BCUT2D eigenvalue weighted by Gasteiger charge is 2.37. The number of primary amides is 1. The second-order valence-electron chi connectivity index (χ2n) is 4.95.